The quantitative estimate of drug-likeness (QED) is 0.249. The van der Waals surface area contributed by atoms with Gasteiger partial charge in [-0.15, -0.1) is 4.41 Å². The second-order valence-corrected chi connectivity index (χ2v) is 8.52. The summed E-state index contributed by atoms with van der Waals surface area (Å²) in [4.78, 5) is 22.2. The maximum atomic E-state index is 11.6. The highest BCUT2D eigenvalue weighted by Gasteiger charge is 2.29. The Hall–Kier alpha value is -0.740. The second kappa shape index (κ2) is 7.50. The van der Waals surface area contributed by atoms with Gasteiger partial charge in [0.25, 0.3) is 3.12 Å². The predicted octanol–water partition coefficient (Wildman–Crippen LogP) is 4.42. The Labute approximate surface area is 143 Å². The molecule has 1 aromatic heterocycles. The molecule has 0 radical (unpaired) electrons. The molecular formula is C9H8Cl3N3O4S2. The minimum Gasteiger partial charge on any atom is -0.451 e. The van der Waals surface area contributed by atoms with Crippen LogP contribution in [0.25, 0.3) is 0 Å². The van der Waals surface area contributed by atoms with Crippen molar-refractivity contribution in [2.24, 2.45) is 5.10 Å². The number of carbonyl (C=O) groups excluding carboxylic acids is 1. The largest absolute Gasteiger partial charge is 0.451 e. The second-order valence-electron chi connectivity index (χ2n) is 3.36. The number of methoxy groups -OCH3 is 1. The van der Waals surface area contributed by atoms with Crippen molar-refractivity contribution in [1.29, 1.82) is 0 Å². The number of nitrogens with zero attached hydrogens (tertiary/aromatic N) is 3. The summed E-state index contributed by atoms with van der Waals surface area (Å²) >= 11 is 18.2. The normalized spacial score (nSPS) is 12.1. The number of ether oxygens (including phenoxy) is 1. The fraction of sp³-hybridized carbons (Fsp3) is 0.333. The Balaban J connectivity index is 3.02. The van der Waals surface area contributed by atoms with Crippen LogP contribution in [0.5, 0.6) is 0 Å². The summed E-state index contributed by atoms with van der Waals surface area (Å²) in [5, 5.41) is 14.5. The van der Waals surface area contributed by atoms with E-state index >= 15 is 0 Å². The molecule has 0 unspecified atom stereocenters. The number of halogens is 3. The minimum absolute atomic E-state index is 0.0433. The van der Waals surface area contributed by atoms with Gasteiger partial charge in [0.05, 0.1) is 22.6 Å². The maximum Gasteiger partial charge on any atom is 0.440 e. The summed E-state index contributed by atoms with van der Waals surface area (Å²) in [5.74, 6) is 0. The fourth-order valence-corrected chi connectivity index (χ4v) is 2.94. The molecule has 1 aromatic rings. The molecule has 1 heterocycles. The number of amides is 1. The van der Waals surface area contributed by atoms with Crippen LogP contribution >= 0.6 is 58.1 Å². The van der Waals surface area contributed by atoms with Crippen molar-refractivity contribution in [3.05, 3.63) is 27.1 Å². The highest BCUT2D eigenvalue weighted by molar-refractivity contribution is 8.03. The molecule has 1 amide bonds. The summed E-state index contributed by atoms with van der Waals surface area (Å²) in [6.45, 7) is 1.56. The number of nitro groups is 1. The van der Waals surface area contributed by atoms with Crippen molar-refractivity contribution in [1.82, 2.24) is 4.41 Å². The zero-order valence-corrected chi connectivity index (χ0v) is 14.5. The van der Waals surface area contributed by atoms with Gasteiger partial charge >= 0.3 is 11.1 Å². The lowest BCUT2D eigenvalue weighted by Crippen LogP contribution is -2.23. The maximum absolute atomic E-state index is 11.6. The van der Waals surface area contributed by atoms with Crippen LogP contribution in [0, 0.1) is 10.1 Å². The van der Waals surface area contributed by atoms with E-state index in [4.69, 9.17) is 34.8 Å². The van der Waals surface area contributed by atoms with Crippen LogP contribution in [0.15, 0.2) is 17.2 Å². The average molecular weight is 393 g/mol. The summed E-state index contributed by atoms with van der Waals surface area (Å²) in [7, 11) is 1.15. The highest BCUT2D eigenvalue weighted by atomic mass is 35.6. The zero-order chi connectivity index (χ0) is 16.2. The molecule has 0 saturated carbocycles. The van der Waals surface area contributed by atoms with E-state index in [2.05, 4.69) is 9.84 Å². The molecule has 116 valence electrons. The highest BCUT2D eigenvalue weighted by Crippen LogP contribution is 2.41. The van der Waals surface area contributed by atoms with Crippen molar-refractivity contribution < 1.29 is 14.5 Å². The number of carbonyl (C=O) groups is 1. The number of hydrogen-bond donors (Lipinski definition) is 0. The van der Waals surface area contributed by atoms with Crippen molar-refractivity contribution in [2.45, 2.75) is 10.0 Å². The van der Waals surface area contributed by atoms with Gasteiger partial charge in [-0.2, -0.15) is 5.10 Å². The lowest BCUT2D eigenvalue weighted by Gasteiger charge is -2.18. The van der Waals surface area contributed by atoms with Gasteiger partial charge in [-0.1, -0.05) is 46.1 Å². The first-order chi connectivity index (χ1) is 9.64. The standard InChI is InChI=1S/C9H8Cl3N3O4S2/c1-5(6-3-4-7(20-6)15(17)18)13-14(8(16)19-2)21-9(10,11)12/h3-4H,1-2H3. The van der Waals surface area contributed by atoms with Crippen molar-refractivity contribution >= 4 is 74.9 Å². The Morgan fingerprint density at radius 3 is 2.57 bits per heavy atom. The van der Waals surface area contributed by atoms with E-state index in [1.165, 1.54) is 12.1 Å². The summed E-state index contributed by atoms with van der Waals surface area (Å²) in [6, 6.07) is 2.85. The molecule has 0 aliphatic heterocycles. The smallest absolute Gasteiger partial charge is 0.440 e. The summed E-state index contributed by atoms with van der Waals surface area (Å²) in [6.07, 6.45) is -0.850. The first-order valence-corrected chi connectivity index (χ1v) is 7.80. The molecule has 7 nitrogen and oxygen atoms in total. The van der Waals surface area contributed by atoms with Crippen molar-refractivity contribution in [2.75, 3.05) is 7.11 Å². The van der Waals surface area contributed by atoms with Gasteiger partial charge in [-0.25, -0.2) is 4.79 Å². The monoisotopic (exact) mass is 391 g/mol. The van der Waals surface area contributed by atoms with Crippen LogP contribution in [-0.2, 0) is 4.74 Å². The summed E-state index contributed by atoms with van der Waals surface area (Å²) < 4.78 is 3.45. The third kappa shape index (κ3) is 5.87. The number of rotatable bonds is 4. The molecule has 0 aromatic carbocycles. The number of thiophene rings is 1. The van der Waals surface area contributed by atoms with E-state index < -0.39 is 14.1 Å². The Morgan fingerprint density at radius 1 is 1.52 bits per heavy atom. The van der Waals surface area contributed by atoms with E-state index in [-0.39, 0.29) is 5.00 Å². The molecule has 0 fully saturated rings. The van der Waals surface area contributed by atoms with Gasteiger partial charge in [0.1, 0.15) is 0 Å². The van der Waals surface area contributed by atoms with Gasteiger partial charge in [0.15, 0.2) is 0 Å². The average Bonchev–Trinajstić information content (AvgIpc) is 2.85. The van der Waals surface area contributed by atoms with Gasteiger partial charge in [0, 0.05) is 18.0 Å². The van der Waals surface area contributed by atoms with E-state index in [1.807, 2.05) is 0 Å². The van der Waals surface area contributed by atoms with Gasteiger partial charge < -0.3 is 4.74 Å². The minimum atomic E-state index is -1.82. The third-order valence-corrected chi connectivity index (χ3v) is 4.27. The van der Waals surface area contributed by atoms with Gasteiger partial charge in [-0.05, 0) is 13.0 Å². The van der Waals surface area contributed by atoms with Crippen molar-refractivity contribution in [3.63, 3.8) is 0 Å². The van der Waals surface area contributed by atoms with Crippen LogP contribution in [0.4, 0.5) is 9.80 Å². The molecule has 0 N–H and O–H groups in total. The molecule has 1 rings (SSSR count). The Morgan fingerprint density at radius 2 is 2.14 bits per heavy atom. The molecular weight excluding hydrogens is 385 g/mol. The van der Waals surface area contributed by atoms with E-state index in [0.717, 1.165) is 22.9 Å². The van der Waals surface area contributed by atoms with Crippen LogP contribution < -0.4 is 0 Å². The lowest BCUT2D eigenvalue weighted by molar-refractivity contribution is -0.380. The third-order valence-electron chi connectivity index (χ3n) is 1.89. The first-order valence-electron chi connectivity index (χ1n) is 5.08. The van der Waals surface area contributed by atoms with Crippen molar-refractivity contribution in [3.8, 4) is 0 Å². The van der Waals surface area contributed by atoms with Crippen LogP contribution in [-0.4, -0.2) is 31.4 Å². The fourth-order valence-electron chi connectivity index (χ4n) is 1.08. The van der Waals surface area contributed by atoms with Crippen LogP contribution in [0.2, 0.25) is 0 Å². The van der Waals surface area contributed by atoms with Crippen LogP contribution in [0.1, 0.15) is 11.8 Å². The van der Waals surface area contributed by atoms with Gasteiger partial charge in [-0.3, -0.25) is 10.1 Å². The van der Waals surface area contributed by atoms with Crippen LogP contribution in [0.3, 0.4) is 0 Å². The number of hydrazone groups is 1. The SMILES string of the molecule is COC(=O)N(N=C(C)c1ccc([N+](=O)[O-])s1)SC(Cl)(Cl)Cl. The first kappa shape index (κ1) is 18.3. The Kier molecular flexibility index (Phi) is 6.54. The zero-order valence-electron chi connectivity index (χ0n) is 10.6. The topological polar surface area (TPSA) is 85.0 Å². The molecule has 0 saturated heterocycles. The molecule has 12 heteroatoms. The molecule has 0 bridgehead atoms. The van der Waals surface area contributed by atoms with E-state index in [0.29, 0.717) is 22.5 Å². The van der Waals surface area contributed by atoms with E-state index in [9.17, 15) is 14.9 Å². The number of hydrogen-bond acceptors (Lipinski definition) is 7. The number of alkyl halides is 3. The Bertz CT molecular complexity index is 573. The molecule has 0 aliphatic carbocycles. The molecule has 21 heavy (non-hydrogen) atoms. The predicted molar refractivity (Wildman–Crippen MR) is 85.3 cm³/mol. The molecule has 0 spiro atoms. The summed E-state index contributed by atoms with van der Waals surface area (Å²) in [5.41, 5.74) is 0.334. The molecule has 0 atom stereocenters. The molecule has 0 aliphatic rings. The lowest BCUT2D eigenvalue weighted by atomic mass is 10.3. The van der Waals surface area contributed by atoms with Gasteiger partial charge in [0.2, 0.25) is 0 Å². The van der Waals surface area contributed by atoms with E-state index in [1.54, 1.807) is 6.92 Å².